The van der Waals surface area contributed by atoms with E-state index in [1.807, 2.05) is 11.9 Å². The first kappa shape index (κ1) is 14.7. The second kappa shape index (κ2) is 7.19. The van der Waals surface area contributed by atoms with Crippen LogP contribution in [0, 0.1) is 5.92 Å². The Balaban J connectivity index is 0.00000144. The maximum absolute atomic E-state index is 12.2. The van der Waals surface area contributed by atoms with E-state index in [9.17, 15) is 4.79 Å². The number of amides is 1. The molecule has 2 saturated heterocycles. The third-order valence-corrected chi connectivity index (χ3v) is 3.74. The van der Waals surface area contributed by atoms with Gasteiger partial charge >= 0.3 is 0 Å². The Morgan fingerprint density at radius 2 is 2.00 bits per heavy atom. The highest BCUT2D eigenvalue weighted by atomic mass is 35.5. The summed E-state index contributed by atoms with van der Waals surface area (Å²) in [4.78, 5) is 14.2. The molecule has 0 aromatic carbocycles. The van der Waals surface area contributed by atoms with Gasteiger partial charge in [-0.1, -0.05) is 0 Å². The van der Waals surface area contributed by atoms with E-state index in [1.54, 1.807) is 0 Å². The van der Waals surface area contributed by atoms with Crippen molar-refractivity contribution in [3.63, 3.8) is 0 Å². The van der Waals surface area contributed by atoms with Crippen molar-refractivity contribution in [3.05, 3.63) is 0 Å². The molecule has 100 valence electrons. The smallest absolute Gasteiger partial charge is 0.225 e. The lowest BCUT2D eigenvalue weighted by atomic mass is 9.97. The van der Waals surface area contributed by atoms with Gasteiger partial charge in [-0.3, -0.25) is 4.79 Å². The van der Waals surface area contributed by atoms with E-state index >= 15 is 0 Å². The van der Waals surface area contributed by atoms with Crippen molar-refractivity contribution in [1.82, 2.24) is 10.2 Å². The summed E-state index contributed by atoms with van der Waals surface area (Å²) in [6.45, 7) is 3.53. The van der Waals surface area contributed by atoms with E-state index in [4.69, 9.17) is 4.74 Å². The van der Waals surface area contributed by atoms with Gasteiger partial charge in [0.2, 0.25) is 5.91 Å². The van der Waals surface area contributed by atoms with Crippen LogP contribution in [0.5, 0.6) is 0 Å². The zero-order valence-electron chi connectivity index (χ0n) is 10.5. The first-order valence-electron chi connectivity index (χ1n) is 6.34. The molecule has 2 rings (SSSR count). The van der Waals surface area contributed by atoms with E-state index in [0.717, 1.165) is 45.6 Å². The van der Waals surface area contributed by atoms with Gasteiger partial charge in [-0.25, -0.2) is 0 Å². The van der Waals surface area contributed by atoms with Crippen molar-refractivity contribution in [1.29, 1.82) is 0 Å². The van der Waals surface area contributed by atoms with Crippen LogP contribution in [0.4, 0.5) is 0 Å². The number of carbonyl (C=O) groups excluding carboxylic acids is 1. The van der Waals surface area contributed by atoms with Crippen LogP contribution in [-0.2, 0) is 9.53 Å². The Morgan fingerprint density at radius 1 is 1.29 bits per heavy atom. The molecule has 1 N–H and O–H groups in total. The minimum Gasteiger partial charge on any atom is -0.381 e. The minimum absolute atomic E-state index is 0. The summed E-state index contributed by atoms with van der Waals surface area (Å²) in [5.41, 5.74) is 0. The normalized spacial score (nSPS) is 26.1. The zero-order chi connectivity index (χ0) is 11.4. The van der Waals surface area contributed by atoms with Crippen LogP contribution in [0.2, 0.25) is 0 Å². The third-order valence-electron chi connectivity index (χ3n) is 3.74. The molecule has 5 heteroatoms. The lowest BCUT2D eigenvalue weighted by Crippen LogP contribution is -2.49. The summed E-state index contributed by atoms with van der Waals surface area (Å²) in [6.07, 6.45) is 4.10. The maximum atomic E-state index is 12.2. The minimum atomic E-state index is 0. The highest BCUT2D eigenvalue weighted by Gasteiger charge is 2.28. The predicted octanol–water partition coefficient (Wildman–Crippen LogP) is 1.05. The second-order valence-corrected chi connectivity index (χ2v) is 4.84. The Morgan fingerprint density at radius 3 is 2.59 bits per heavy atom. The summed E-state index contributed by atoms with van der Waals surface area (Å²) < 4.78 is 5.29. The van der Waals surface area contributed by atoms with Gasteiger partial charge in [-0.05, 0) is 32.2 Å². The van der Waals surface area contributed by atoms with E-state index < -0.39 is 0 Å². The Bertz CT molecular complexity index is 239. The molecule has 2 heterocycles. The molecule has 2 fully saturated rings. The summed E-state index contributed by atoms with van der Waals surface area (Å²) >= 11 is 0. The van der Waals surface area contributed by atoms with Crippen LogP contribution < -0.4 is 5.32 Å². The molecule has 0 aromatic rings. The Hall–Kier alpha value is -0.320. The van der Waals surface area contributed by atoms with Crippen LogP contribution in [0.3, 0.4) is 0 Å². The first-order valence-corrected chi connectivity index (χ1v) is 6.34. The van der Waals surface area contributed by atoms with Crippen molar-refractivity contribution in [2.45, 2.75) is 31.7 Å². The van der Waals surface area contributed by atoms with Crippen LogP contribution in [0.15, 0.2) is 0 Å². The number of hydrogen-bond donors (Lipinski definition) is 1. The maximum Gasteiger partial charge on any atom is 0.225 e. The fourth-order valence-corrected chi connectivity index (χ4v) is 2.58. The van der Waals surface area contributed by atoms with Gasteiger partial charge in [-0.2, -0.15) is 0 Å². The molecular formula is C12H23ClN2O2. The van der Waals surface area contributed by atoms with Gasteiger partial charge in [0.25, 0.3) is 0 Å². The molecule has 17 heavy (non-hydrogen) atoms. The molecule has 0 saturated carbocycles. The molecule has 0 spiro atoms. The summed E-state index contributed by atoms with van der Waals surface area (Å²) in [6, 6.07) is 0.393. The zero-order valence-corrected chi connectivity index (χ0v) is 11.3. The summed E-state index contributed by atoms with van der Waals surface area (Å²) in [5.74, 6) is 0.512. The lowest BCUT2D eigenvalue weighted by molar-refractivity contribution is -0.139. The van der Waals surface area contributed by atoms with Gasteiger partial charge in [-0.15, -0.1) is 12.4 Å². The van der Waals surface area contributed by atoms with Crippen molar-refractivity contribution in [2.24, 2.45) is 5.92 Å². The molecule has 1 amide bonds. The average Bonchev–Trinajstić information content (AvgIpc) is 2.39. The SMILES string of the molecule is CN(C(=O)C1CCOCC1)C1CCCNC1.Cl. The molecule has 1 unspecified atom stereocenters. The van der Waals surface area contributed by atoms with E-state index in [2.05, 4.69) is 5.32 Å². The average molecular weight is 263 g/mol. The molecule has 2 aliphatic heterocycles. The number of carbonyl (C=O) groups is 1. The van der Waals surface area contributed by atoms with Crippen molar-refractivity contribution in [2.75, 3.05) is 33.4 Å². The number of ether oxygens (including phenoxy) is 1. The standard InChI is InChI=1S/C12H22N2O2.ClH/c1-14(11-3-2-6-13-9-11)12(15)10-4-7-16-8-5-10;/h10-11,13H,2-9H2,1H3;1H. The van der Waals surface area contributed by atoms with Crippen molar-refractivity contribution >= 4 is 18.3 Å². The second-order valence-electron chi connectivity index (χ2n) is 4.84. The van der Waals surface area contributed by atoms with E-state index in [0.29, 0.717) is 11.9 Å². The number of hydrogen-bond acceptors (Lipinski definition) is 3. The summed E-state index contributed by atoms with van der Waals surface area (Å²) in [5, 5.41) is 3.35. The summed E-state index contributed by atoms with van der Waals surface area (Å²) in [7, 11) is 1.95. The Labute approximate surface area is 109 Å². The lowest BCUT2D eigenvalue weighted by Gasteiger charge is -2.35. The topological polar surface area (TPSA) is 41.6 Å². The van der Waals surface area contributed by atoms with Gasteiger partial charge in [0.05, 0.1) is 0 Å². The number of nitrogens with one attached hydrogen (secondary N) is 1. The van der Waals surface area contributed by atoms with Crippen LogP contribution in [0.25, 0.3) is 0 Å². The third kappa shape index (κ3) is 3.83. The van der Waals surface area contributed by atoms with E-state index in [1.165, 1.54) is 6.42 Å². The van der Waals surface area contributed by atoms with Crippen molar-refractivity contribution in [3.8, 4) is 0 Å². The molecule has 0 aromatic heterocycles. The van der Waals surface area contributed by atoms with Gasteiger partial charge < -0.3 is 15.0 Å². The number of piperidine rings is 1. The number of rotatable bonds is 2. The fourth-order valence-electron chi connectivity index (χ4n) is 2.58. The fraction of sp³-hybridized carbons (Fsp3) is 0.917. The molecule has 0 radical (unpaired) electrons. The van der Waals surface area contributed by atoms with Gasteiger partial charge in [0, 0.05) is 38.8 Å². The van der Waals surface area contributed by atoms with Crippen LogP contribution in [0.1, 0.15) is 25.7 Å². The predicted molar refractivity (Wildman–Crippen MR) is 69.5 cm³/mol. The largest absolute Gasteiger partial charge is 0.381 e. The molecule has 4 nitrogen and oxygen atoms in total. The van der Waals surface area contributed by atoms with Crippen LogP contribution >= 0.6 is 12.4 Å². The quantitative estimate of drug-likeness (QED) is 0.809. The Kier molecular flexibility index (Phi) is 6.23. The van der Waals surface area contributed by atoms with E-state index in [-0.39, 0.29) is 18.3 Å². The number of nitrogens with zero attached hydrogens (tertiary/aromatic N) is 1. The van der Waals surface area contributed by atoms with Crippen molar-refractivity contribution < 1.29 is 9.53 Å². The number of likely N-dealkylation sites (N-methyl/N-ethyl adjacent to an activating group) is 1. The van der Waals surface area contributed by atoms with Crippen LogP contribution in [-0.4, -0.2) is 50.2 Å². The monoisotopic (exact) mass is 262 g/mol. The molecule has 1 atom stereocenters. The first-order chi connectivity index (χ1) is 7.79. The molecule has 2 aliphatic rings. The molecule has 0 bridgehead atoms. The van der Waals surface area contributed by atoms with Gasteiger partial charge in [0.15, 0.2) is 0 Å². The molecule has 0 aliphatic carbocycles. The highest BCUT2D eigenvalue weighted by molar-refractivity contribution is 5.85. The van der Waals surface area contributed by atoms with Gasteiger partial charge in [0.1, 0.15) is 0 Å². The number of halogens is 1. The highest BCUT2D eigenvalue weighted by Crippen LogP contribution is 2.19. The molecular weight excluding hydrogens is 240 g/mol.